The average Bonchev–Trinajstić information content (AvgIpc) is 1.41. The van der Waals surface area contributed by atoms with E-state index in [1.165, 1.54) is 0 Å². The molecule has 16 heavy (non-hydrogen) atoms. The quantitative estimate of drug-likeness (QED) is 0.245. The molecular formula is Cl12Ga4. The summed E-state index contributed by atoms with van der Waals surface area (Å²) in [5.41, 5.74) is 0. The van der Waals surface area contributed by atoms with Gasteiger partial charge in [-0.25, -0.2) is 0 Å². The second-order valence-electron chi connectivity index (χ2n) is 1.48. The summed E-state index contributed by atoms with van der Waals surface area (Å²) >= 11 is -9.71. The molecule has 0 bridgehead atoms. The van der Waals surface area contributed by atoms with E-state index in [0.717, 1.165) is 0 Å². The van der Waals surface area contributed by atoms with Crippen LogP contribution in [0.2, 0.25) is 0 Å². The van der Waals surface area contributed by atoms with Gasteiger partial charge in [-0.2, -0.15) is 0 Å². The van der Waals surface area contributed by atoms with Crippen LogP contribution in [-0.2, 0) is 0 Å². The van der Waals surface area contributed by atoms with E-state index < -0.39 is 33.1 Å². The molecule has 0 rings (SSSR count). The monoisotopic (exact) mass is 695 g/mol. The summed E-state index contributed by atoms with van der Waals surface area (Å²) in [5.74, 6) is 0. The van der Waals surface area contributed by atoms with Crippen LogP contribution >= 0.6 is 116 Å². The minimum absolute atomic E-state index is 0. The van der Waals surface area contributed by atoms with E-state index in [0.29, 0.717) is 0 Å². The number of hydrogen-bond acceptors (Lipinski definition) is 0. The molecule has 0 aromatic heterocycles. The summed E-state index contributed by atoms with van der Waals surface area (Å²) in [4.78, 5) is 0. The summed E-state index contributed by atoms with van der Waals surface area (Å²) in [5, 5.41) is 0. The topological polar surface area (TPSA) is 0 Å². The third-order valence-electron chi connectivity index (χ3n) is 0. The van der Waals surface area contributed by atoms with Gasteiger partial charge in [-0.15, -0.1) is 0 Å². The summed E-state index contributed by atoms with van der Waals surface area (Å²) in [7, 11) is 60.4. The standard InChI is InChI=1S/12ClH.4Ga/h12*1H;;;;/q;;;;;;;;;;;;4*+3/p-12. The van der Waals surface area contributed by atoms with Crippen molar-refractivity contribution in [3.63, 3.8) is 0 Å². The van der Waals surface area contributed by atoms with Gasteiger partial charge in [0.2, 0.25) is 0 Å². The van der Waals surface area contributed by atoms with Gasteiger partial charge >= 0.3 is 169 Å². The largest absolute Gasteiger partial charge is 3.00 e. The van der Waals surface area contributed by atoms with Gasteiger partial charge in [0.05, 0.1) is 0 Å². The van der Waals surface area contributed by atoms with Crippen LogP contribution in [0.4, 0.5) is 0 Å². The van der Waals surface area contributed by atoms with Crippen molar-refractivity contribution >= 4 is 169 Å². The maximum absolute atomic E-state index is 5.03. The minimum Gasteiger partial charge on any atom is 3.00 e. The van der Waals surface area contributed by atoms with Crippen molar-refractivity contribution in [2.75, 3.05) is 0 Å². The molecule has 0 amide bonds. The molecule has 0 N–H and O–H groups in total. The summed E-state index contributed by atoms with van der Waals surface area (Å²) < 4.78 is 0. The SMILES string of the molecule is [Cl][Ga-]([Cl])([Cl])[Cl].[Cl][Ga-]([Cl])([Cl])[Cl].[Cl][Ga-]([Cl])([Cl])[Cl].[Ga+3]. The Morgan fingerprint density at radius 1 is 0.312 bits per heavy atom. The summed E-state index contributed by atoms with van der Waals surface area (Å²) in [6.07, 6.45) is 0. The minimum atomic E-state index is -3.24. The Kier molecular flexibility index (Phi) is 27.4. The zero-order chi connectivity index (χ0) is 13.5. The molecule has 0 atom stereocenters. The molecular weight excluding hydrogens is 704 g/mol. The predicted octanol–water partition coefficient (Wildman–Crippen LogP) is 6.75. The van der Waals surface area contributed by atoms with Crippen LogP contribution in [0.3, 0.4) is 0 Å². The Hall–Kier alpha value is 6.03. The molecule has 0 unspecified atom stereocenters. The Bertz CT molecular complexity index is 88.0. The zero-order valence-electron chi connectivity index (χ0n) is 6.84. The molecule has 0 fully saturated rings. The average molecular weight is 704 g/mol. The van der Waals surface area contributed by atoms with E-state index in [-0.39, 0.29) is 19.8 Å². The Labute approximate surface area is 164 Å². The van der Waals surface area contributed by atoms with Crippen molar-refractivity contribution in [3.05, 3.63) is 0 Å². The molecule has 0 aliphatic rings. The summed E-state index contributed by atoms with van der Waals surface area (Å²) in [6, 6.07) is 0. The molecule has 16 heteroatoms. The van der Waals surface area contributed by atoms with Gasteiger partial charge in [0.25, 0.3) is 0 Å². The number of hydrogen-bond donors (Lipinski definition) is 0. The molecule has 96 valence electrons. The molecule has 0 heterocycles. The fourth-order valence-corrected chi connectivity index (χ4v) is 0. The van der Waals surface area contributed by atoms with Gasteiger partial charge in [-0.3, -0.25) is 0 Å². The van der Waals surface area contributed by atoms with Crippen molar-refractivity contribution in [1.82, 2.24) is 0 Å². The third-order valence-corrected chi connectivity index (χ3v) is 0. The normalized spacial score (nSPS) is 11.2. The van der Waals surface area contributed by atoms with E-state index in [1.807, 2.05) is 0 Å². The Morgan fingerprint density at radius 3 is 0.312 bits per heavy atom. The van der Waals surface area contributed by atoms with E-state index in [1.54, 1.807) is 0 Å². The number of rotatable bonds is 0. The molecule has 0 saturated heterocycles. The molecule has 0 saturated carbocycles. The van der Waals surface area contributed by atoms with Crippen molar-refractivity contribution < 1.29 is 0 Å². The Balaban J connectivity index is -0.0000000655. The molecule has 0 aliphatic carbocycles. The van der Waals surface area contributed by atoms with Crippen molar-refractivity contribution in [3.8, 4) is 0 Å². The third kappa shape index (κ3) is 200. The van der Waals surface area contributed by atoms with Crippen molar-refractivity contribution in [2.45, 2.75) is 0 Å². The second kappa shape index (κ2) is 14.6. The zero-order valence-corrected chi connectivity index (χ0v) is 25.6. The molecule has 0 aliphatic heterocycles. The van der Waals surface area contributed by atoms with Gasteiger partial charge < -0.3 is 0 Å². The van der Waals surface area contributed by atoms with Crippen molar-refractivity contribution in [2.24, 2.45) is 0 Å². The van der Waals surface area contributed by atoms with Crippen LogP contribution in [0.15, 0.2) is 0 Å². The molecule has 0 radical (unpaired) electrons. The van der Waals surface area contributed by atoms with Crippen LogP contribution in [0.25, 0.3) is 0 Å². The van der Waals surface area contributed by atoms with E-state index in [9.17, 15) is 0 Å². The van der Waals surface area contributed by atoms with Gasteiger partial charge in [-0.1, -0.05) is 0 Å². The van der Waals surface area contributed by atoms with Crippen LogP contribution in [0.1, 0.15) is 0 Å². The van der Waals surface area contributed by atoms with Gasteiger partial charge in [0, 0.05) is 0 Å². The van der Waals surface area contributed by atoms with Crippen LogP contribution < -0.4 is 0 Å². The second-order valence-corrected chi connectivity index (χ2v) is 69.4. The fourth-order valence-electron chi connectivity index (χ4n) is 0. The van der Waals surface area contributed by atoms with Crippen LogP contribution in [0.5, 0.6) is 0 Å². The van der Waals surface area contributed by atoms with Gasteiger partial charge in [-0.05, 0) is 0 Å². The first-order chi connectivity index (χ1) is 6.00. The van der Waals surface area contributed by atoms with Crippen LogP contribution in [-0.4, -0.2) is 52.9 Å². The number of halogens is 12. The molecule has 0 aromatic carbocycles. The van der Waals surface area contributed by atoms with Gasteiger partial charge in [0.1, 0.15) is 0 Å². The van der Waals surface area contributed by atoms with E-state index in [4.69, 9.17) is 116 Å². The van der Waals surface area contributed by atoms with Gasteiger partial charge in [0.15, 0.2) is 0 Å². The Morgan fingerprint density at radius 2 is 0.312 bits per heavy atom. The maximum Gasteiger partial charge on any atom is 3.00 e. The molecule has 0 nitrogen and oxygen atoms in total. The molecule has 0 spiro atoms. The smallest absolute Gasteiger partial charge is 3.00 e. The predicted molar refractivity (Wildman–Crippen MR) is 93.3 cm³/mol. The van der Waals surface area contributed by atoms with Crippen LogP contribution in [0, 0.1) is 0 Å². The first-order valence-electron chi connectivity index (χ1n) is 2.62. The fraction of sp³-hybridized carbons (Fsp3) is 0. The molecule has 0 aromatic rings. The van der Waals surface area contributed by atoms with E-state index >= 15 is 0 Å². The first-order valence-corrected chi connectivity index (χ1v) is 40.8. The van der Waals surface area contributed by atoms with Crippen molar-refractivity contribution in [1.29, 1.82) is 0 Å². The summed E-state index contributed by atoms with van der Waals surface area (Å²) in [6.45, 7) is 0. The maximum atomic E-state index is 5.03. The first kappa shape index (κ1) is 30.0. The van der Waals surface area contributed by atoms with E-state index in [2.05, 4.69) is 0 Å².